The molecule has 0 saturated carbocycles. The van der Waals surface area contributed by atoms with E-state index in [4.69, 9.17) is 0 Å². The van der Waals surface area contributed by atoms with Crippen molar-refractivity contribution in [2.24, 2.45) is 0 Å². The second-order valence-electron chi connectivity index (χ2n) is 6.17. The van der Waals surface area contributed by atoms with E-state index in [0.717, 1.165) is 29.4 Å². The molecule has 1 N–H and O–H groups in total. The lowest BCUT2D eigenvalue weighted by Crippen LogP contribution is -2.38. The highest BCUT2D eigenvalue weighted by Gasteiger charge is 2.20. The summed E-state index contributed by atoms with van der Waals surface area (Å²) in [5.41, 5.74) is 2.17. The summed E-state index contributed by atoms with van der Waals surface area (Å²) in [6, 6.07) is 10.1. The molecule has 0 aliphatic carbocycles. The number of nitrogens with one attached hydrogen (secondary N) is 1. The quantitative estimate of drug-likeness (QED) is 0.889. The lowest BCUT2D eigenvalue weighted by molar-refractivity contribution is 0.193. The van der Waals surface area contributed by atoms with Gasteiger partial charge in [0.2, 0.25) is 0 Å². The first-order valence-corrected chi connectivity index (χ1v) is 8.01. The Balaban J connectivity index is 1.98. The molecule has 25 heavy (non-hydrogen) atoms. The molecule has 4 nitrogen and oxygen atoms in total. The minimum Gasteiger partial charge on any atom is -0.378 e. The fourth-order valence-corrected chi connectivity index (χ4v) is 2.43. The van der Waals surface area contributed by atoms with Crippen molar-refractivity contribution < 1.29 is 13.6 Å². The minimum atomic E-state index is -0.591. The Labute approximate surface area is 147 Å². The van der Waals surface area contributed by atoms with Gasteiger partial charge in [0.05, 0.1) is 6.04 Å². The third kappa shape index (κ3) is 4.68. The maximum Gasteiger partial charge on any atom is 0.317 e. The van der Waals surface area contributed by atoms with Crippen molar-refractivity contribution >= 4 is 11.7 Å². The van der Waals surface area contributed by atoms with Crippen molar-refractivity contribution in [3.8, 4) is 0 Å². The molecule has 2 aromatic carbocycles. The van der Waals surface area contributed by atoms with E-state index < -0.39 is 17.7 Å². The van der Waals surface area contributed by atoms with Crippen LogP contribution in [0.2, 0.25) is 0 Å². The summed E-state index contributed by atoms with van der Waals surface area (Å²) in [4.78, 5) is 15.6. The van der Waals surface area contributed by atoms with E-state index in [1.165, 1.54) is 4.90 Å². The predicted molar refractivity (Wildman–Crippen MR) is 95.5 cm³/mol. The zero-order valence-electron chi connectivity index (χ0n) is 14.9. The Morgan fingerprint density at radius 2 is 1.72 bits per heavy atom. The average Bonchev–Trinajstić information content (AvgIpc) is 2.60. The smallest absolute Gasteiger partial charge is 0.317 e. The van der Waals surface area contributed by atoms with Crippen molar-refractivity contribution in [3.63, 3.8) is 0 Å². The molecule has 0 aliphatic rings. The summed E-state index contributed by atoms with van der Waals surface area (Å²) >= 11 is 0. The third-order valence-electron chi connectivity index (χ3n) is 4.21. The van der Waals surface area contributed by atoms with Crippen LogP contribution in [0, 0.1) is 11.6 Å². The van der Waals surface area contributed by atoms with Gasteiger partial charge in [-0.3, -0.25) is 0 Å². The van der Waals surface area contributed by atoms with Crippen LogP contribution in [0.25, 0.3) is 0 Å². The van der Waals surface area contributed by atoms with E-state index in [9.17, 15) is 13.6 Å². The minimum absolute atomic E-state index is 0.146. The number of benzene rings is 2. The fraction of sp³-hybridized carbons (Fsp3) is 0.316. The van der Waals surface area contributed by atoms with Gasteiger partial charge in [-0.25, -0.2) is 13.6 Å². The molecule has 2 rings (SSSR count). The molecule has 1 atom stereocenters. The summed E-state index contributed by atoms with van der Waals surface area (Å²) in [5.74, 6) is -1.06. The molecule has 0 aliphatic heterocycles. The van der Waals surface area contributed by atoms with Gasteiger partial charge in [-0.1, -0.05) is 12.1 Å². The van der Waals surface area contributed by atoms with Gasteiger partial charge in [-0.2, -0.15) is 0 Å². The van der Waals surface area contributed by atoms with E-state index in [1.807, 2.05) is 43.3 Å². The van der Waals surface area contributed by atoms with E-state index in [0.29, 0.717) is 6.54 Å². The summed E-state index contributed by atoms with van der Waals surface area (Å²) in [5, 5.41) is 2.79. The molecule has 0 bridgehead atoms. The number of rotatable bonds is 5. The van der Waals surface area contributed by atoms with Crippen molar-refractivity contribution in [1.82, 2.24) is 10.2 Å². The predicted octanol–water partition coefficient (Wildman–Crippen LogP) is 3.93. The molecule has 0 saturated heterocycles. The van der Waals surface area contributed by atoms with Crippen LogP contribution in [0.5, 0.6) is 0 Å². The summed E-state index contributed by atoms with van der Waals surface area (Å²) in [6.45, 7) is 2.01. The van der Waals surface area contributed by atoms with E-state index >= 15 is 0 Å². The van der Waals surface area contributed by atoms with E-state index in [-0.39, 0.29) is 11.6 Å². The molecule has 0 aromatic heterocycles. The zero-order valence-corrected chi connectivity index (χ0v) is 14.9. The van der Waals surface area contributed by atoms with Gasteiger partial charge in [0.15, 0.2) is 0 Å². The van der Waals surface area contributed by atoms with Crippen molar-refractivity contribution in [2.75, 3.05) is 26.0 Å². The number of carbonyl (C=O) groups is 1. The van der Waals surface area contributed by atoms with Crippen LogP contribution >= 0.6 is 0 Å². The molecule has 1 unspecified atom stereocenters. The van der Waals surface area contributed by atoms with Gasteiger partial charge < -0.3 is 15.1 Å². The van der Waals surface area contributed by atoms with Gasteiger partial charge in [0, 0.05) is 38.9 Å². The lowest BCUT2D eigenvalue weighted by Gasteiger charge is -2.26. The van der Waals surface area contributed by atoms with Crippen molar-refractivity contribution in [3.05, 3.63) is 65.2 Å². The summed E-state index contributed by atoms with van der Waals surface area (Å²) < 4.78 is 27.2. The number of hydrogen-bond acceptors (Lipinski definition) is 2. The first kappa shape index (κ1) is 18.7. The average molecular weight is 347 g/mol. The number of halogens is 2. The molecule has 0 heterocycles. The molecule has 134 valence electrons. The Morgan fingerprint density at radius 3 is 2.32 bits per heavy atom. The van der Waals surface area contributed by atoms with E-state index in [1.54, 1.807) is 14.0 Å². The number of urea groups is 1. The Hall–Kier alpha value is -2.63. The number of anilines is 1. The van der Waals surface area contributed by atoms with Gasteiger partial charge >= 0.3 is 6.03 Å². The van der Waals surface area contributed by atoms with Gasteiger partial charge in [0.1, 0.15) is 11.6 Å². The van der Waals surface area contributed by atoms with Crippen LogP contribution in [0.15, 0.2) is 42.5 Å². The molecule has 2 amide bonds. The topological polar surface area (TPSA) is 35.6 Å². The maximum atomic E-state index is 13.9. The van der Waals surface area contributed by atoms with Crippen LogP contribution < -0.4 is 10.2 Å². The normalized spacial score (nSPS) is 11.8. The molecular weight excluding hydrogens is 324 g/mol. The van der Waals surface area contributed by atoms with E-state index in [2.05, 4.69) is 5.32 Å². The lowest BCUT2D eigenvalue weighted by atomic mass is 10.1. The number of nitrogens with zero attached hydrogens (tertiary/aromatic N) is 2. The maximum absolute atomic E-state index is 13.9. The Kier molecular flexibility index (Phi) is 5.96. The fourth-order valence-electron chi connectivity index (χ4n) is 2.43. The molecule has 0 radical (unpaired) electrons. The van der Waals surface area contributed by atoms with Crippen LogP contribution in [0.1, 0.15) is 24.1 Å². The van der Waals surface area contributed by atoms with Crippen molar-refractivity contribution in [1.29, 1.82) is 0 Å². The molecular formula is C19H23F2N3O. The molecule has 2 aromatic rings. The first-order chi connectivity index (χ1) is 11.8. The van der Waals surface area contributed by atoms with Gasteiger partial charge in [0.25, 0.3) is 0 Å². The monoisotopic (exact) mass is 347 g/mol. The zero-order chi connectivity index (χ0) is 18.6. The highest BCUT2D eigenvalue weighted by Crippen LogP contribution is 2.23. The third-order valence-corrected chi connectivity index (χ3v) is 4.21. The second kappa shape index (κ2) is 7.96. The number of carbonyl (C=O) groups excluding carboxylic acids is 1. The molecule has 0 spiro atoms. The van der Waals surface area contributed by atoms with Crippen LogP contribution in [-0.2, 0) is 6.54 Å². The molecule has 0 fully saturated rings. The van der Waals surface area contributed by atoms with Gasteiger partial charge in [-0.15, -0.1) is 0 Å². The van der Waals surface area contributed by atoms with Crippen LogP contribution in [0.3, 0.4) is 0 Å². The Morgan fingerprint density at radius 1 is 1.08 bits per heavy atom. The number of amides is 2. The number of hydrogen-bond donors (Lipinski definition) is 1. The highest BCUT2D eigenvalue weighted by atomic mass is 19.1. The van der Waals surface area contributed by atoms with Crippen LogP contribution in [0.4, 0.5) is 19.3 Å². The molecule has 6 heteroatoms. The van der Waals surface area contributed by atoms with Gasteiger partial charge in [-0.05, 0) is 42.8 Å². The standard InChI is InChI=1S/C19H23F2N3O/c1-13(17-11-15(20)7-10-18(17)21)24(4)19(25)22-12-14-5-8-16(9-6-14)23(2)3/h5-11,13H,12H2,1-4H3,(H,22,25). The van der Waals surface area contributed by atoms with Crippen molar-refractivity contribution in [2.45, 2.75) is 19.5 Å². The summed E-state index contributed by atoms with van der Waals surface area (Å²) in [7, 11) is 5.47. The largest absolute Gasteiger partial charge is 0.378 e. The SMILES string of the molecule is CC(c1cc(F)ccc1F)N(C)C(=O)NCc1ccc(N(C)C)cc1. The second-order valence-corrected chi connectivity index (χ2v) is 6.17. The highest BCUT2D eigenvalue weighted by molar-refractivity contribution is 5.74. The summed E-state index contributed by atoms with van der Waals surface area (Å²) in [6.07, 6.45) is 0. The van der Waals surface area contributed by atoms with Crippen LogP contribution in [-0.4, -0.2) is 32.1 Å². The Bertz CT molecular complexity index is 732. The first-order valence-electron chi connectivity index (χ1n) is 8.01.